The maximum absolute atomic E-state index is 3.37. The number of hydrogen-bond acceptors (Lipinski definition) is 2. The Labute approximate surface area is 134 Å². The van der Waals surface area contributed by atoms with Crippen LogP contribution in [0.1, 0.15) is 0 Å². The zero-order valence-electron chi connectivity index (χ0n) is 10.2. The van der Waals surface area contributed by atoms with E-state index in [1.54, 1.807) is 23.5 Å². The molecule has 2 aromatic rings. The summed E-state index contributed by atoms with van der Waals surface area (Å²) in [6.45, 7) is 0. The van der Waals surface area contributed by atoms with Crippen LogP contribution in [0.15, 0.2) is 67.3 Å². The van der Waals surface area contributed by atoms with Crippen LogP contribution >= 0.6 is 55.4 Å². The van der Waals surface area contributed by atoms with E-state index in [-0.39, 0.29) is 0 Å². The van der Waals surface area contributed by atoms with Crippen molar-refractivity contribution in [2.75, 3.05) is 12.5 Å². The predicted octanol–water partition coefficient (Wildman–Crippen LogP) is 6.34. The summed E-state index contributed by atoms with van der Waals surface area (Å²) < 4.78 is 2.28. The fourth-order valence-corrected chi connectivity index (χ4v) is 2.49. The summed E-state index contributed by atoms with van der Waals surface area (Å²) >= 11 is 10.2. The minimum atomic E-state index is 1.14. The van der Waals surface area contributed by atoms with Crippen molar-refractivity contribution in [3.05, 3.63) is 57.5 Å². The van der Waals surface area contributed by atoms with Gasteiger partial charge in [0.25, 0.3) is 0 Å². The van der Waals surface area contributed by atoms with E-state index in [4.69, 9.17) is 0 Å². The second kappa shape index (κ2) is 9.08. The van der Waals surface area contributed by atoms with Crippen molar-refractivity contribution < 1.29 is 0 Å². The lowest BCUT2D eigenvalue weighted by Gasteiger charge is -1.92. The highest BCUT2D eigenvalue weighted by molar-refractivity contribution is 9.10. The van der Waals surface area contributed by atoms with Crippen LogP contribution in [-0.2, 0) is 0 Å². The Morgan fingerprint density at radius 1 is 0.611 bits per heavy atom. The Morgan fingerprint density at radius 3 is 1.11 bits per heavy atom. The number of halogens is 2. The molecule has 2 aromatic carbocycles. The lowest BCUT2D eigenvalue weighted by Crippen LogP contribution is -1.66. The Kier molecular flexibility index (Phi) is 8.15. The molecular formula is C14H14Br2S2. The third-order valence-electron chi connectivity index (χ3n) is 2.10. The molecule has 0 heterocycles. The summed E-state index contributed by atoms with van der Waals surface area (Å²) in [4.78, 5) is 2.61. The quantitative estimate of drug-likeness (QED) is 0.534. The first-order valence-corrected chi connectivity index (χ1v) is 9.28. The number of thioether (sulfide) groups is 2. The topological polar surface area (TPSA) is 0 Å². The molecule has 0 aliphatic rings. The van der Waals surface area contributed by atoms with Gasteiger partial charge < -0.3 is 0 Å². The molecule has 0 N–H and O–H groups in total. The molecule has 0 saturated carbocycles. The van der Waals surface area contributed by atoms with Gasteiger partial charge in [0.1, 0.15) is 0 Å². The van der Waals surface area contributed by atoms with Crippen LogP contribution in [0.2, 0.25) is 0 Å². The fraction of sp³-hybridized carbons (Fsp3) is 0.143. The smallest absolute Gasteiger partial charge is 0.0176 e. The summed E-state index contributed by atoms with van der Waals surface area (Å²) in [7, 11) is 0. The molecule has 0 spiro atoms. The van der Waals surface area contributed by atoms with Gasteiger partial charge in [-0.05, 0) is 61.0 Å². The van der Waals surface area contributed by atoms with Crippen LogP contribution < -0.4 is 0 Å². The average molecular weight is 406 g/mol. The van der Waals surface area contributed by atoms with E-state index in [1.807, 2.05) is 24.3 Å². The molecule has 0 unspecified atom stereocenters. The van der Waals surface area contributed by atoms with Crippen molar-refractivity contribution in [3.63, 3.8) is 0 Å². The van der Waals surface area contributed by atoms with Gasteiger partial charge in [0, 0.05) is 18.7 Å². The van der Waals surface area contributed by atoms with E-state index >= 15 is 0 Å². The molecule has 96 valence electrons. The number of benzene rings is 2. The predicted molar refractivity (Wildman–Crippen MR) is 91.8 cm³/mol. The molecule has 0 aliphatic carbocycles. The molecule has 0 aliphatic heterocycles. The summed E-state index contributed by atoms with van der Waals surface area (Å²) in [6.07, 6.45) is 4.15. The number of rotatable bonds is 2. The van der Waals surface area contributed by atoms with Crippen molar-refractivity contribution in [2.24, 2.45) is 0 Å². The molecule has 0 bridgehead atoms. The first-order valence-electron chi connectivity index (χ1n) is 5.25. The van der Waals surface area contributed by atoms with E-state index in [1.165, 1.54) is 9.79 Å². The van der Waals surface area contributed by atoms with E-state index in [0.717, 1.165) is 8.95 Å². The van der Waals surface area contributed by atoms with Crippen LogP contribution in [0, 0.1) is 0 Å². The average Bonchev–Trinajstić information content (AvgIpc) is 2.41. The SMILES string of the molecule is CSc1ccc(Br)cc1.CSc1ccc(Br)cc1. The third kappa shape index (κ3) is 6.32. The van der Waals surface area contributed by atoms with Gasteiger partial charge in [-0.15, -0.1) is 23.5 Å². The van der Waals surface area contributed by atoms with Crippen molar-refractivity contribution in [1.82, 2.24) is 0 Å². The van der Waals surface area contributed by atoms with Crippen LogP contribution in [0.4, 0.5) is 0 Å². The molecule has 0 amide bonds. The van der Waals surface area contributed by atoms with Gasteiger partial charge in [-0.2, -0.15) is 0 Å². The Bertz CT molecular complexity index is 407. The molecule has 0 fully saturated rings. The van der Waals surface area contributed by atoms with Crippen molar-refractivity contribution in [3.8, 4) is 0 Å². The van der Waals surface area contributed by atoms with Crippen LogP contribution in [0.25, 0.3) is 0 Å². The largest absolute Gasteiger partial charge is 0.130 e. The van der Waals surface area contributed by atoms with Crippen molar-refractivity contribution >= 4 is 55.4 Å². The molecule has 18 heavy (non-hydrogen) atoms. The van der Waals surface area contributed by atoms with Crippen molar-refractivity contribution in [2.45, 2.75) is 9.79 Å². The molecule has 0 atom stereocenters. The summed E-state index contributed by atoms with van der Waals surface area (Å²) in [5.41, 5.74) is 0. The Balaban J connectivity index is 0.000000180. The molecule has 2 rings (SSSR count). The monoisotopic (exact) mass is 404 g/mol. The minimum absolute atomic E-state index is 1.14. The van der Waals surface area contributed by atoms with Gasteiger partial charge >= 0.3 is 0 Å². The van der Waals surface area contributed by atoms with Gasteiger partial charge in [-0.3, -0.25) is 0 Å². The zero-order chi connectivity index (χ0) is 13.4. The Hall–Kier alpha value is 0.1000. The van der Waals surface area contributed by atoms with Crippen molar-refractivity contribution in [1.29, 1.82) is 0 Å². The molecule has 4 heteroatoms. The first kappa shape index (κ1) is 16.2. The van der Waals surface area contributed by atoms with Gasteiger partial charge in [0.05, 0.1) is 0 Å². The first-order chi connectivity index (χ1) is 8.65. The summed E-state index contributed by atoms with van der Waals surface area (Å²) in [5.74, 6) is 0. The van der Waals surface area contributed by atoms with E-state index in [2.05, 4.69) is 68.6 Å². The Morgan fingerprint density at radius 2 is 0.889 bits per heavy atom. The standard InChI is InChI=1S/2C7H7BrS/c2*1-9-7-4-2-6(8)3-5-7/h2*2-5H,1H3. The third-order valence-corrected chi connectivity index (χ3v) is 4.64. The van der Waals surface area contributed by atoms with Crippen LogP contribution in [0.5, 0.6) is 0 Å². The summed E-state index contributed by atoms with van der Waals surface area (Å²) in [6, 6.07) is 16.6. The highest BCUT2D eigenvalue weighted by atomic mass is 79.9. The van der Waals surface area contributed by atoms with Gasteiger partial charge in [-0.25, -0.2) is 0 Å². The molecule has 0 nitrogen and oxygen atoms in total. The van der Waals surface area contributed by atoms with Gasteiger partial charge in [0.2, 0.25) is 0 Å². The van der Waals surface area contributed by atoms with Crippen LogP contribution in [0.3, 0.4) is 0 Å². The zero-order valence-corrected chi connectivity index (χ0v) is 15.0. The van der Waals surface area contributed by atoms with E-state index in [0.29, 0.717) is 0 Å². The van der Waals surface area contributed by atoms with E-state index in [9.17, 15) is 0 Å². The maximum atomic E-state index is 3.37. The lowest BCUT2D eigenvalue weighted by molar-refractivity contribution is 1.45. The highest BCUT2D eigenvalue weighted by Gasteiger charge is 1.87. The maximum Gasteiger partial charge on any atom is 0.0176 e. The molecular weight excluding hydrogens is 392 g/mol. The molecule has 0 saturated heterocycles. The van der Waals surface area contributed by atoms with Crippen LogP contribution in [-0.4, -0.2) is 12.5 Å². The molecule has 0 aromatic heterocycles. The highest BCUT2D eigenvalue weighted by Crippen LogP contribution is 2.18. The minimum Gasteiger partial charge on any atom is -0.130 e. The number of hydrogen-bond donors (Lipinski definition) is 0. The van der Waals surface area contributed by atoms with Gasteiger partial charge in [-0.1, -0.05) is 31.9 Å². The molecule has 0 radical (unpaired) electrons. The second-order valence-corrected chi connectivity index (χ2v) is 6.91. The van der Waals surface area contributed by atoms with E-state index < -0.39 is 0 Å². The normalized spacial score (nSPS) is 9.56. The van der Waals surface area contributed by atoms with Gasteiger partial charge in [0.15, 0.2) is 0 Å². The summed E-state index contributed by atoms with van der Waals surface area (Å²) in [5, 5.41) is 0. The second-order valence-electron chi connectivity index (χ2n) is 3.32. The fourth-order valence-electron chi connectivity index (χ4n) is 1.14. The lowest BCUT2D eigenvalue weighted by atomic mass is 10.4.